The van der Waals surface area contributed by atoms with Gasteiger partial charge >= 0.3 is 6.09 Å². The fourth-order valence-electron chi connectivity index (χ4n) is 3.38. The number of hydrogen-bond acceptors (Lipinski definition) is 6. The Morgan fingerprint density at radius 1 is 1.43 bits per heavy atom. The van der Waals surface area contributed by atoms with E-state index in [1.165, 1.54) is 0 Å². The van der Waals surface area contributed by atoms with Gasteiger partial charge in [-0.2, -0.15) is 9.61 Å². The van der Waals surface area contributed by atoms with Gasteiger partial charge in [0, 0.05) is 6.54 Å². The van der Waals surface area contributed by atoms with Gasteiger partial charge in [-0.05, 0) is 24.8 Å². The molecule has 2 aromatic rings. The Hall–Kier alpha value is -2.38. The molecule has 0 aromatic carbocycles. The van der Waals surface area contributed by atoms with Crippen LogP contribution in [0.2, 0.25) is 0 Å². The summed E-state index contributed by atoms with van der Waals surface area (Å²) in [6.45, 7) is 6.36. The maximum atomic E-state index is 11.5. The molecule has 1 spiro atoms. The Morgan fingerprint density at radius 2 is 2.30 bits per heavy atom. The third-order valence-electron chi connectivity index (χ3n) is 4.60. The third kappa shape index (κ3) is 2.38. The molecule has 1 atom stereocenters. The number of alkyl carbamates (subject to hydrolysis) is 1. The first kappa shape index (κ1) is 14.2. The van der Waals surface area contributed by atoms with Crippen LogP contribution in [-0.4, -0.2) is 51.1 Å². The standard InChI is InChI=1S/C15H20N6O2/c1-10(2)11-6-12(13-18-17-9-21(13)19-11)20-5-3-4-15(8-20)7-16-14(22)23-15/h6,9-10H,3-5,7-8H2,1-2H3,(H,16,22). The number of ether oxygens (including phenoxy) is 1. The van der Waals surface area contributed by atoms with Crippen molar-refractivity contribution in [3.8, 4) is 0 Å². The third-order valence-corrected chi connectivity index (χ3v) is 4.60. The Bertz CT molecular complexity index is 758. The fraction of sp³-hybridized carbons (Fsp3) is 0.600. The molecule has 1 N–H and O–H groups in total. The highest BCUT2D eigenvalue weighted by Crippen LogP contribution is 2.33. The number of carbonyl (C=O) groups is 1. The highest BCUT2D eigenvalue weighted by molar-refractivity contribution is 5.72. The van der Waals surface area contributed by atoms with Gasteiger partial charge in [0.05, 0.1) is 24.5 Å². The van der Waals surface area contributed by atoms with Crippen LogP contribution >= 0.6 is 0 Å². The van der Waals surface area contributed by atoms with E-state index in [1.807, 2.05) is 0 Å². The SMILES string of the molecule is CC(C)c1cc(N2CCCC3(CNC(=O)O3)C2)c2nncn2n1. The van der Waals surface area contributed by atoms with Gasteiger partial charge in [-0.25, -0.2) is 4.79 Å². The van der Waals surface area contributed by atoms with E-state index >= 15 is 0 Å². The molecular formula is C15H20N6O2. The molecule has 8 nitrogen and oxygen atoms in total. The lowest BCUT2D eigenvalue weighted by atomic mass is 9.92. The van der Waals surface area contributed by atoms with Crippen molar-refractivity contribution in [2.24, 2.45) is 0 Å². The Kier molecular flexibility index (Phi) is 3.14. The summed E-state index contributed by atoms with van der Waals surface area (Å²) >= 11 is 0. The lowest BCUT2D eigenvalue weighted by molar-refractivity contribution is 0.0447. The average molecular weight is 316 g/mol. The van der Waals surface area contributed by atoms with Crippen molar-refractivity contribution in [2.45, 2.75) is 38.2 Å². The van der Waals surface area contributed by atoms with Crippen molar-refractivity contribution in [1.29, 1.82) is 0 Å². The van der Waals surface area contributed by atoms with E-state index in [9.17, 15) is 4.79 Å². The molecule has 1 amide bonds. The summed E-state index contributed by atoms with van der Waals surface area (Å²) in [6, 6.07) is 2.08. The fourth-order valence-corrected chi connectivity index (χ4v) is 3.38. The van der Waals surface area contributed by atoms with Gasteiger partial charge in [0.2, 0.25) is 5.65 Å². The predicted molar refractivity (Wildman–Crippen MR) is 83.5 cm³/mol. The van der Waals surface area contributed by atoms with E-state index in [4.69, 9.17) is 4.74 Å². The number of piperidine rings is 1. The van der Waals surface area contributed by atoms with E-state index in [0.29, 0.717) is 19.0 Å². The molecule has 8 heteroatoms. The smallest absolute Gasteiger partial charge is 0.407 e. The molecule has 4 heterocycles. The molecule has 2 aromatic heterocycles. The quantitative estimate of drug-likeness (QED) is 0.899. The van der Waals surface area contributed by atoms with Crippen LogP contribution in [0.4, 0.5) is 10.5 Å². The molecule has 2 aliphatic heterocycles. The second kappa shape index (κ2) is 5.07. The van der Waals surface area contributed by atoms with Crippen molar-refractivity contribution in [2.75, 3.05) is 24.5 Å². The normalized spacial score (nSPS) is 24.5. The summed E-state index contributed by atoms with van der Waals surface area (Å²) in [6.07, 6.45) is 3.15. The molecule has 2 fully saturated rings. The molecule has 0 bridgehead atoms. The van der Waals surface area contributed by atoms with Gasteiger partial charge < -0.3 is 15.0 Å². The number of aromatic nitrogens is 4. The van der Waals surface area contributed by atoms with Gasteiger partial charge in [-0.1, -0.05) is 13.8 Å². The highest BCUT2D eigenvalue weighted by Gasteiger charge is 2.44. The van der Waals surface area contributed by atoms with Crippen molar-refractivity contribution in [1.82, 2.24) is 25.1 Å². The molecule has 1 unspecified atom stereocenters. The Balaban J connectivity index is 1.73. The summed E-state index contributed by atoms with van der Waals surface area (Å²) < 4.78 is 7.29. The van der Waals surface area contributed by atoms with Gasteiger partial charge in [-0.15, -0.1) is 10.2 Å². The second-order valence-electron chi connectivity index (χ2n) is 6.66. The molecule has 23 heavy (non-hydrogen) atoms. The number of nitrogens with one attached hydrogen (secondary N) is 1. The number of amides is 1. The second-order valence-corrected chi connectivity index (χ2v) is 6.66. The molecule has 2 aliphatic rings. The minimum Gasteiger partial charge on any atom is -0.439 e. The predicted octanol–water partition coefficient (Wildman–Crippen LogP) is 1.33. The Morgan fingerprint density at radius 3 is 3.04 bits per heavy atom. The summed E-state index contributed by atoms with van der Waals surface area (Å²) in [4.78, 5) is 13.7. The monoisotopic (exact) mass is 316 g/mol. The maximum Gasteiger partial charge on any atom is 0.407 e. The van der Waals surface area contributed by atoms with E-state index in [-0.39, 0.29) is 6.09 Å². The van der Waals surface area contributed by atoms with Crippen LogP contribution in [0.15, 0.2) is 12.4 Å². The van der Waals surface area contributed by atoms with Crippen LogP contribution in [0.3, 0.4) is 0 Å². The molecule has 122 valence electrons. The van der Waals surface area contributed by atoms with Crippen LogP contribution in [0.1, 0.15) is 38.3 Å². The zero-order chi connectivity index (χ0) is 16.0. The molecule has 0 aliphatic carbocycles. The van der Waals surface area contributed by atoms with Gasteiger partial charge in [-0.3, -0.25) is 0 Å². The minimum atomic E-state index is -0.437. The van der Waals surface area contributed by atoms with Crippen molar-refractivity contribution in [3.05, 3.63) is 18.1 Å². The highest BCUT2D eigenvalue weighted by atomic mass is 16.6. The van der Waals surface area contributed by atoms with E-state index in [0.717, 1.165) is 36.4 Å². The topological polar surface area (TPSA) is 84.7 Å². The molecular weight excluding hydrogens is 296 g/mol. The van der Waals surface area contributed by atoms with Crippen LogP contribution < -0.4 is 10.2 Å². The lowest BCUT2D eigenvalue weighted by Gasteiger charge is -2.39. The largest absolute Gasteiger partial charge is 0.439 e. The number of nitrogens with zero attached hydrogens (tertiary/aromatic N) is 5. The first-order chi connectivity index (χ1) is 11.1. The molecule has 0 saturated carbocycles. The number of anilines is 1. The van der Waals surface area contributed by atoms with Crippen LogP contribution in [0.25, 0.3) is 5.65 Å². The maximum absolute atomic E-state index is 11.5. The van der Waals surface area contributed by atoms with Crippen LogP contribution in [0.5, 0.6) is 0 Å². The van der Waals surface area contributed by atoms with E-state index in [1.54, 1.807) is 10.8 Å². The molecule has 4 rings (SSSR count). The minimum absolute atomic E-state index is 0.310. The zero-order valence-electron chi connectivity index (χ0n) is 13.3. The van der Waals surface area contributed by atoms with E-state index < -0.39 is 5.60 Å². The van der Waals surface area contributed by atoms with Gasteiger partial charge in [0.1, 0.15) is 11.9 Å². The number of carbonyl (C=O) groups excluding carboxylic acids is 1. The summed E-state index contributed by atoms with van der Waals surface area (Å²) in [5.74, 6) is 0.310. The van der Waals surface area contributed by atoms with Crippen LogP contribution in [0, 0.1) is 0 Å². The zero-order valence-corrected chi connectivity index (χ0v) is 13.3. The Labute approximate surface area is 133 Å². The van der Waals surface area contributed by atoms with Gasteiger partial charge in [0.15, 0.2) is 0 Å². The number of fused-ring (bicyclic) bond motifs is 1. The first-order valence-electron chi connectivity index (χ1n) is 7.99. The number of hydrogen-bond donors (Lipinski definition) is 1. The van der Waals surface area contributed by atoms with Crippen LogP contribution in [-0.2, 0) is 4.74 Å². The molecule has 0 radical (unpaired) electrons. The van der Waals surface area contributed by atoms with Crippen molar-refractivity contribution in [3.63, 3.8) is 0 Å². The summed E-state index contributed by atoms with van der Waals surface area (Å²) in [7, 11) is 0. The average Bonchev–Trinajstić information content (AvgIpc) is 3.13. The molecule has 2 saturated heterocycles. The summed E-state index contributed by atoms with van der Waals surface area (Å²) in [5.41, 5.74) is 2.30. The lowest BCUT2D eigenvalue weighted by Crippen LogP contribution is -2.50. The summed E-state index contributed by atoms with van der Waals surface area (Å²) in [5, 5.41) is 15.5. The van der Waals surface area contributed by atoms with E-state index in [2.05, 4.69) is 45.4 Å². The van der Waals surface area contributed by atoms with Crippen molar-refractivity contribution < 1.29 is 9.53 Å². The van der Waals surface area contributed by atoms with Gasteiger partial charge in [0.25, 0.3) is 0 Å². The number of rotatable bonds is 2. The van der Waals surface area contributed by atoms with Crippen molar-refractivity contribution >= 4 is 17.4 Å². The first-order valence-corrected chi connectivity index (χ1v) is 7.99.